The van der Waals surface area contributed by atoms with Crippen LogP contribution in [0.2, 0.25) is 0 Å². The maximum Gasteiger partial charge on any atom is 0.414 e. The number of rotatable bonds is 3. The van der Waals surface area contributed by atoms with E-state index in [1.165, 1.54) is 41.5 Å². The van der Waals surface area contributed by atoms with Gasteiger partial charge in [0.2, 0.25) is 0 Å². The van der Waals surface area contributed by atoms with Crippen LogP contribution in [0, 0.1) is 0 Å². The predicted octanol–water partition coefficient (Wildman–Crippen LogP) is 1.85. The summed E-state index contributed by atoms with van der Waals surface area (Å²) in [4.78, 5) is 19.1. The molecule has 0 aliphatic heterocycles. The van der Waals surface area contributed by atoms with Crippen molar-refractivity contribution in [3.8, 4) is 0 Å². The molecule has 0 aromatic carbocycles. The van der Waals surface area contributed by atoms with E-state index < -0.39 is 18.1 Å². The van der Waals surface area contributed by atoms with E-state index in [2.05, 4.69) is 9.97 Å². The summed E-state index contributed by atoms with van der Waals surface area (Å²) in [7, 11) is 1.61. The lowest BCUT2D eigenvalue weighted by Crippen LogP contribution is -2.38. The fourth-order valence-electron chi connectivity index (χ4n) is 1.61. The highest BCUT2D eigenvalue weighted by Gasteiger charge is 2.43. The van der Waals surface area contributed by atoms with Gasteiger partial charge in [0.05, 0.1) is 12.0 Å². The Morgan fingerprint density at radius 3 is 2.60 bits per heavy atom. The minimum Gasteiger partial charge on any atom is -0.340 e. The van der Waals surface area contributed by atoms with E-state index in [1.54, 1.807) is 7.05 Å². The molecule has 1 unspecified atom stereocenters. The molecule has 2 heterocycles. The maximum absolute atomic E-state index is 13.0. The van der Waals surface area contributed by atoms with Crippen LogP contribution in [0.1, 0.15) is 22.2 Å². The Balaban J connectivity index is 2.23. The van der Waals surface area contributed by atoms with Crippen molar-refractivity contribution in [1.29, 1.82) is 0 Å². The third-order valence-corrected chi connectivity index (χ3v) is 2.52. The number of pyridine rings is 1. The smallest absolute Gasteiger partial charge is 0.340 e. The molecule has 0 bridgehead atoms. The maximum atomic E-state index is 13.0. The highest BCUT2D eigenvalue weighted by atomic mass is 19.4. The predicted molar refractivity (Wildman–Crippen MR) is 63.7 cm³/mol. The molecule has 2 aromatic heterocycles. The van der Waals surface area contributed by atoms with Crippen molar-refractivity contribution in [3.05, 3.63) is 48.3 Å². The van der Waals surface area contributed by atoms with Crippen LogP contribution in [-0.4, -0.2) is 26.6 Å². The second-order valence-electron chi connectivity index (χ2n) is 4.13. The quantitative estimate of drug-likeness (QED) is 0.935. The van der Waals surface area contributed by atoms with Crippen LogP contribution in [0.5, 0.6) is 0 Å². The summed E-state index contributed by atoms with van der Waals surface area (Å²) in [6.45, 7) is 0. The fourth-order valence-corrected chi connectivity index (χ4v) is 1.61. The normalized spacial score (nSPS) is 13.0. The number of alkyl halides is 3. The van der Waals surface area contributed by atoms with E-state index in [9.17, 15) is 18.0 Å². The van der Waals surface area contributed by atoms with Crippen LogP contribution >= 0.6 is 0 Å². The van der Waals surface area contributed by atoms with Crippen molar-refractivity contribution < 1.29 is 18.0 Å². The molecule has 0 saturated heterocycles. The first-order chi connectivity index (χ1) is 9.38. The lowest BCUT2D eigenvalue weighted by Gasteiger charge is -2.20. The largest absolute Gasteiger partial charge is 0.414 e. The number of nitrogens with one attached hydrogen (secondary N) is 1. The fraction of sp³-hybridized carbons (Fsp3) is 0.250. The van der Waals surface area contributed by atoms with E-state index in [1.807, 2.05) is 5.32 Å². The van der Waals surface area contributed by atoms with Crippen LogP contribution < -0.4 is 5.32 Å². The molecule has 0 fully saturated rings. The first-order valence-electron chi connectivity index (χ1n) is 5.64. The number of hydrogen-bond acceptors (Lipinski definition) is 3. The molecule has 0 radical (unpaired) electrons. The van der Waals surface area contributed by atoms with Gasteiger partial charge in [-0.1, -0.05) is 6.07 Å². The highest BCUT2D eigenvalue weighted by molar-refractivity contribution is 5.92. The Kier molecular flexibility index (Phi) is 3.73. The van der Waals surface area contributed by atoms with Crippen molar-refractivity contribution in [3.63, 3.8) is 0 Å². The van der Waals surface area contributed by atoms with Gasteiger partial charge in [0, 0.05) is 19.4 Å². The topological polar surface area (TPSA) is 59.8 Å². The molecule has 0 aliphatic carbocycles. The third-order valence-electron chi connectivity index (χ3n) is 2.52. The summed E-state index contributed by atoms with van der Waals surface area (Å²) < 4.78 is 40.5. The molecule has 1 atom stereocenters. The van der Waals surface area contributed by atoms with Crippen molar-refractivity contribution in [2.24, 2.45) is 7.05 Å². The first-order valence-corrected chi connectivity index (χ1v) is 5.64. The lowest BCUT2D eigenvalue weighted by molar-refractivity contribution is -0.156. The SMILES string of the molecule is Cn1cnc(C(=O)NC(c2ccccn2)C(F)(F)F)c1. The molecule has 0 saturated carbocycles. The minimum absolute atomic E-state index is 0.0855. The van der Waals surface area contributed by atoms with Gasteiger partial charge in [-0.2, -0.15) is 13.2 Å². The average molecular weight is 284 g/mol. The second-order valence-corrected chi connectivity index (χ2v) is 4.13. The van der Waals surface area contributed by atoms with Gasteiger partial charge in [-0.05, 0) is 12.1 Å². The Morgan fingerprint density at radius 2 is 2.10 bits per heavy atom. The number of nitrogens with zero attached hydrogens (tertiary/aromatic N) is 3. The van der Waals surface area contributed by atoms with Crippen molar-refractivity contribution in [2.45, 2.75) is 12.2 Å². The number of aromatic nitrogens is 3. The van der Waals surface area contributed by atoms with Gasteiger partial charge >= 0.3 is 6.18 Å². The Bertz CT molecular complexity index is 594. The van der Waals surface area contributed by atoms with Gasteiger partial charge < -0.3 is 9.88 Å². The molecular weight excluding hydrogens is 273 g/mol. The summed E-state index contributed by atoms with van der Waals surface area (Å²) in [6.07, 6.45) is -0.737. The van der Waals surface area contributed by atoms with Crippen molar-refractivity contribution in [2.75, 3.05) is 0 Å². The third kappa shape index (κ3) is 3.14. The van der Waals surface area contributed by atoms with Crippen LogP contribution in [-0.2, 0) is 7.05 Å². The van der Waals surface area contributed by atoms with Gasteiger partial charge in [0.1, 0.15) is 5.69 Å². The molecule has 1 amide bonds. The van der Waals surface area contributed by atoms with Crippen molar-refractivity contribution in [1.82, 2.24) is 19.9 Å². The molecule has 20 heavy (non-hydrogen) atoms. The molecular formula is C12H11F3N4O. The summed E-state index contributed by atoms with van der Waals surface area (Å²) in [5.74, 6) is -0.904. The molecule has 0 aliphatic rings. The van der Waals surface area contributed by atoms with Gasteiger partial charge in [-0.3, -0.25) is 9.78 Å². The molecule has 1 N–H and O–H groups in total. The van der Waals surface area contributed by atoms with Gasteiger partial charge in [-0.25, -0.2) is 4.98 Å². The second kappa shape index (κ2) is 5.32. The average Bonchev–Trinajstić information content (AvgIpc) is 2.82. The lowest BCUT2D eigenvalue weighted by atomic mass is 10.1. The number of amides is 1. The van der Waals surface area contributed by atoms with E-state index in [0.717, 1.165) is 0 Å². The van der Waals surface area contributed by atoms with Crippen LogP contribution in [0.15, 0.2) is 36.9 Å². The Morgan fingerprint density at radius 1 is 1.35 bits per heavy atom. The van der Waals surface area contributed by atoms with Gasteiger partial charge in [0.25, 0.3) is 5.91 Å². The van der Waals surface area contributed by atoms with Gasteiger partial charge in [-0.15, -0.1) is 0 Å². The monoisotopic (exact) mass is 284 g/mol. The first kappa shape index (κ1) is 14.0. The zero-order chi connectivity index (χ0) is 14.8. The molecule has 2 aromatic rings. The van der Waals surface area contributed by atoms with Gasteiger partial charge in [0.15, 0.2) is 6.04 Å². The molecule has 0 spiro atoms. The van der Waals surface area contributed by atoms with Crippen molar-refractivity contribution >= 4 is 5.91 Å². The summed E-state index contributed by atoms with van der Waals surface area (Å²) in [5, 5.41) is 1.90. The number of halogens is 3. The minimum atomic E-state index is -4.64. The van der Waals surface area contributed by atoms with Crippen LogP contribution in [0.25, 0.3) is 0 Å². The van der Waals surface area contributed by atoms with E-state index in [4.69, 9.17) is 0 Å². The standard InChI is InChI=1S/C12H11F3N4O/c1-19-6-9(17-7-19)11(20)18-10(12(13,14)15)8-4-2-3-5-16-8/h2-7,10H,1H3,(H,18,20). The molecule has 5 nitrogen and oxygen atoms in total. The molecule has 2 rings (SSSR count). The van der Waals surface area contributed by atoms with E-state index in [-0.39, 0.29) is 11.4 Å². The Hall–Kier alpha value is -2.38. The van der Waals surface area contributed by atoms with E-state index in [0.29, 0.717) is 0 Å². The molecule has 106 valence electrons. The summed E-state index contributed by atoms with van der Waals surface area (Å²) >= 11 is 0. The highest BCUT2D eigenvalue weighted by Crippen LogP contribution is 2.31. The summed E-state index contributed by atoms with van der Waals surface area (Å²) in [5.41, 5.74) is -0.359. The van der Waals surface area contributed by atoms with E-state index >= 15 is 0 Å². The number of imidazole rings is 1. The molecule has 8 heteroatoms. The number of carbonyl (C=O) groups excluding carboxylic acids is 1. The number of hydrogen-bond donors (Lipinski definition) is 1. The Labute approximate surface area is 112 Å². The number of aryl methyl sites for hydroxylation is 1. The van der Waals surface area contributed by atoms with Crippen LogP contribution in [0.4, 0.5) is 13.2 Å². The number of carbonyl (C=O) groups is 1. The van der Waals surface area contributed by atoms with Crippen LogP contribution in [0.3, 0.4) is 0 Å². The zero-order valence-electron chi connectivity index (χ0n) is 10.4. The summed E-state index contributed by atoms with van der Waals surface area (Å²) in [6, 6.07) is 1.96. The zero-order valence-corrected chi connectivity index (χ0v) is 10.4.